The van der Waals surface area contributed by atoms with Crippen LogP contribution in [0.3, 0.4) is 0 Å². The summed E-state index contributed by atoms with van der Waals surface area (Å²) in [5.41, 5.74) is 0. The molecule has 0 saturated carbocycles. The van der Waals surface area contributed by atoms with E-state index in [-0.39, 0.29) is 11.2 Å². The number of carbonyl (C=O) groups is 1. The molecule has 1 atom stereocenters. The van der Waals surface area contributed by atoms with Gasteiger partial charge in [-0.15, -0.1) is 11.8 Å². The Morgan fingerprint density at radius 1 is 1.39 bits per heavy atom. The molecule has 0 spiro atoms. The first-order chi connectivity index (χ1) is 10.6. The van der Waals surface area contributed by atoms with Crippen molar-refractivity contribution >= 4 is 50.9 Å². The number of amides is 1. The lowest BCUT2D eigenvalue weighted by atomic mass is 10.4. The molecule has 0 fully saturated rings. The van der Waals surface area contributed by atoms with Gasteiger partial charge in [0.2, 0.25) is 15.9 Å². The second kappa shape index (κ2) is 9.13. The van der Waals surface area contributed by atoms with Gasteiger partial charge in [-0.2, -0.15) is 0 Å². The minimum Gasteiger partial charge on any atom is -0.355 e. The van der Waals surface area contributed by atoms with Crippen molar-refractivity contribution in [1.82, 2.24) is 9.62 Å². The highest BCUT2D eigenvalue weighted by Crippen LogP contribution is 2.32. The summed E-state index contributed by atoms with van der Waals surface area (Å²) in [6.07, 6.45) is 1.70. The summed E-state index contributed by atoms with van der Waals surface area (Å²) < 4.78 is 23.7. The topological polar surface area (TPSA) is 66.5 Å². The molecule has 1 aromatic carbocycles. The van der Waals surface area contributed by atoms with Gasteiger partial charge in [0.1, 0.15) is 0 Å². The van der Waals surface area contributed by atoms with E-state index in [1.807, 2.05) is 0 Å². The first-order valence-electron chi connectivity index (χ1n) is 6.92. The molecule has 0 aliphatic heterocycles. The third kappa shape index (κ3) is 7.30. The van der Waals surface area contributed by atoms with Crippen molar-refractivity contribution in [2.75, 3.05) is 26.4 Å². The number of sulfonamides is 1. The van der Waals surface area contributed by atoms with Crippen molar-refractivity contribution in [3.8, 4) is 0 Å². The van der Waals surface area contributed by atoms with Crippen LogP contribution in [0.1, 0.15) is 13.3 Å². The minimum atomic E-state index is -3.18. The van der Waals surface area contributed by atoms with E-state index in [1.165, 1.54) is 23.1 Å². The van der Waals surface area contributed by atoms with Gasteiger partial charge in [0.25, 0.3) is 0 Å². The molecule has 1 unspecified atom stereocenters. The van der Waals surface area contributed by atoms with E-state index in [9.17, 15) is 13.2 Å². The van der Waals surface area contributed by atoms with Gasteiger partial charge in [0.15, 0.2) is 0 Å². The van der Waals surface area contributed by atoms with Gasteiger partial charge in [-0.1, -0.05) is 23.2 Å². The Morgan fingerprint density at radius 3 is 2.65 bits per heavy atom. The fourth-order valence-corrected chi connectivity index (χ4v) is 3.53. The Labute approximate surface area is 151 Å². The van der Waals surface area contributed by atoms with Crippen molar-refractivity contribution in [3.05, 3.63) is 28.2 Å². The molecule has 0 aromatic heterocycles. The molecule has 1 aromatic rings. The fraction of sp³-hybridized carbons (Fsp3) is 0.500. The van der Waals surface area contributed by atoms with Crippen molar-refractivity contribution in [3.63, 3.8) is 0 Å². The van der Waals surface area contributed by atoms with Gasteiger partial charge in [0, 0.05) is 30.1 Å². The Morgan fingerprint density at radius 2 is 2.04 bits per heavy atom. The van der Waals surface area contributed by atoms with Gasteiger partial charge >= 0.3 is 0 Å². The summed E-state index contributed by atoms with van der Waals surface area (Å²) in [7, 11) is -1.67. The summed E-state index contributed by atoms with van der Waals surface area (Å²) in [5, 5.41) is 3.56. The average Bonchev–Trinajstić information content (AvgIpc) is 2.45. The van der Waals surface area contributed by atoms with Gasteiger partial charge in [-0.25, -0.2) is 12.7 Å². The molecule has 0 radical (unpaired) electrons. The van der Waals surface area contributed by atoms with E-state index in [0.29, 0.717) is 29.6 Å². The number of carbonyl (C=O) groups excluding carboxylic acids is 1. The van der Waals surface area contributed by atoms with Crippen LogP contribution in [0.25, 0.3) is 0 Å². The molecule has 1 N–H and O–H groups in total. The van der Waals surface area contributed by atoms with E-state index < -0.39 is 10.0 Å². The molecule has 0 saturated heterocycles. The summed E-state index contributed by atoms with van der Waals surface area (Å²) >= 11 is 13.3. The quantitative estimate of drug-likeness (QED) is 0.539. The summed E-state index contributed by atoms with van der Waals surface area (Å²) in [4.78, 5) is 12.8. The van der Waals surface area contributed by atoms with E-state index in [1.54, 1.807) is 25.1 Å². The van der Waals surface area contributed by atoms with Gasteiger partial charge < -0.3 is 5.32 Å². The maximum absolute atomic E-state index is 12.0. The van der Waals surface area contributed by atoms with E-state index in [0.717, 1.165) is 11.2 Å². The Hall–Kier alpha value is -0.470. The number of thioether (sulfide) groups is 1. The summed E-state index contributed by atoms with van der Waals surface area (Å²) in [6, 6.07) is 5.11. The van der Waals surface area contributed by atoms with Gasteiger partial charge in [-0.05, 0) is 31.5 Å². The lowest BCUT2D eigenvalue weighted by molar-refractivity contribution is -0.120. The highest BCUT2D eigenvalue weighted by molar-refractivity contribution is 8.00. The van der Waals surface area contributed by atoms with E-state index in [4.69, 9.17) is 23.2 Å². The predicted octanol–water partition coefficient (Wildman–Crippen LogP) is 2.87. The van der Waals surface area contributed by atoms with Gasteiger partial charge in [0.05, 0.1) is 16.5 Å². The molecule has 130 valence electrons. The monoisotopic (exact) mass is 398 g/mol. The number of nitrogens with one attached hydrogen (secondary N) is 1. The summed E-state index contributed by atoms with van der Waals surface area (Å²) in [6.45, 7) is 2.55. The van der Waals surface area contributed by atoms with Crippen molar-refractivity contribution in [2.24, 2.45) is 0 Å². The molecule has 0 heterocycles. The van der Waals surface area contributed by atoms with E-state index >= 15 is 0 Å². The summed E-state index contributed by atoms with van der Waals surface area (Å²) in [5.74, 6) is -0.131. The number of hydrogen-bond donors (Lipinski definition) is 1. The van der Waals surface area contributed by atoms with Crippen LogP contribution in [-0.2, 0) is 14.8 Å². The lowest BCUT2D eigenvalue weighted by Crippen LogP contribution is -2.34. The van der Waals surface area contributed by atoms with Gasteiger partial charge in [-0.3, -0.25) is 4.79 Å². The SMILES string of the molecule is CC(Sc1cc(Cl)ccc1Cl)C(=O)NCCCN(C)S(C)(=O)=O. The Kier molecular flexibility index (Phi) is 8.17. The lowest BCUT2D eigenvalue weighted by Gasteiger charge is -2.15. The minimum absolute atomic E-state index is 0.131. The second-order valence-electron chi connectivity index (χ2n) is 5.06. The van der Waals surface area contributed by atoms with Crippen LogP contribution >= 0.6 is 35.0 Å². The molecule has 0 aliphatic rings. The van der Waals surface area contributed by atoms with Crippen molar-refractivity contribution in [2.45, 2.75) is 23.5 Å². The van der Waals surface area contributed by atoms with Crippen molar-refractivity contribution in [1.29, 1.82) is 0 Å². The number of hydrogen-bond acceptors (Lipinski definition) is 4. The van der Waals surface area contributed by atoms with Crippen LogP contribution in [0.15, 0.2) is 23.1 Å². The van der Waals surface area contributed by atoms with Crippen molar-refractivity contribution < 1.29 is 13.2 Å². The zero-order chi connectivity index (χ0) is 17.6. The zero-order valence-electron chi connectivity index (χ0n) is 13.2. The van der Waals surface area contributed by atoms with Crippen LogP contribution in [0.2, 0.25) is 10.0 Å². The zero-order valence-corrected chi connectivity index (χ0v) is 16.3. The second-order valence-corrected chi connectivity index (χ2v) is 9.38. The number of halogens is 2. The average molecular weight is 399 g/mol. The normalized spacial score (nSPS) is 13.1. The maximum Gasteiger partial charge on any atom is 0.233 e. The smallest absolute Gasteiger partial charge is 0.233 e. The largest absolute Gasteiger partial charge is 0.355 e. The maximum atomic E-state index is 12.0. The third-order valence-corrected chi connectivity index (χ3v) is 6.23. The van der Waals surface area contributed by atoms with Crippen LogP contribution in [0.4, 0.5) is 0 Å². The van der Waals surface area contributed by atoms with E-state index in [2.05, 4.69) is 5.32 Å². The number of nitrogens with zero attached hydrogens (tertiary/aromatic N) is 1. The third-order valence-electron chi connectivity index (χ3n) is 3.08. The standard InChI is InChI=1S/C14H20Cl2N2O3S2/c1-10(22-13-9-11(15)5-6-12(13)16)14(19)17-7-4-8-18(2)23(3,20)21/h5-6,9-10H,4,7-8H2,1-3H3,(H,17,19). The van der Waals surface area contributed by atoms with Crippen LogP contribution in [0.5, 0.6) is 0 Å². The molecule has 0 aliphatic carbocycles. The fourth-order valence-electron chi connectivity index (χ4n) is 1.63. The first kappa shape index (κ1) is 20.6. The number of benzene rings is 1. The molecule has 23 heavy (non-hydrogen) atoms. The molecule has 0 bridgehead atoms. The van der Waals surface area contributed by atoms with Crippen LogP contribution in [-0.4, -0.2) is 50.3 Å². The predicted molar refractivity (Wildman–Crippen MR) is 96.9 cm³/mol. The Balaban J connectivity index is 2.41. The molecule has 5 nitrogen and oxygen atoms in total. The highest BCUT2D eigenvalue weighted by atomic mass is 35.5. The van der Waals surface area contributed by atoms with Crippen LogP contribution in [0, 0.1) is 0 Å². The molecule has 1 rings (SSSR count). The Bertz CT molecular complexity index is 653. The molecular formula is C14H20Cl2N2O3S2. The first-order valence-corrected chi connectivity index (χ1v) is 10.4. The van der Waals surface area contributed by atoms with Crippen LogP contribution < -0.4 is 5.32 Å². The number of rotatable bonds is 8. The molecule has 1 amide bonds. The molecule has 9 heteroatoms. The highest BCUT2D eigenvalue weighted by Gasteiger charge is 2.16. The molecular weight excluding hydrogens is 379 g/mol.